The molecule has 2 N–H and O–H groups in total. The lowest BCUT2D eigenvalue weighted by Crippen LogP contribution is -2.50. The zero-order chi connectivity index (χ0) is 26.1. The number of esters is 1. The van der Waals surface area contributed by atoms with E-state index < -0.39 is 11.5 Å². The van der Waals surface area contributed by atoms with E-state index in [2.05, 4.69) is 11.4 Å². The van der Waals surface area contributed by atoms with Crippen LogP contribution in [0.2, 0.25) is 0 Å². The van der Waals surface area contributed by atoms with Gasteiger partial charge in [0.1, 0.15) is 6.61 Å². The van der Waals surface area contributed by atoms with Crippen LogP contribution in [0, 0.1) is 11.8 Å². The summed E-state index contributed by atoms with van der Waals surface area (Å²) in [6, 6.07) is 9.89. The topological polar surface area (TPSA) is 95.9 Å². The lowest BCUT2D eigenvalue weighted by Gasteiger charge is -2.31. The largest absolute Gasteiger partial charge is 0.463 e. The number of hydrogen-bond donors (Lipinski definition) is 2. The minimum atomic E-state index is -0.543. The molecule has 0 aromatic heterocycles. The Morgan fingerprint density at radius 2 is 1.81 bits per heavy atom. The van der Waals surface area contributed by atoms with Crippen molar-refractivity contribution in [1.29, 1.82) is 0 Å². The van der Waals surface area contributed by atoms with Crippen molar-refractivity contribution in [2.24, 2.45) is 11.8 Å². The van der Waals surface area contributed by atoms with Crippen molar-refractivity contribution in [3.05, 3.63) is 48.0 Å². The first-order valence-corrected chi connectivity index (χ1v) is 14.1. The van der Waals surface area contributed by atoms with Crippen LogP contribution >= 0.6 is 0 Å². The molecule has 37 heavy (non-hydrogen) atoms. The van der Waals surface area contributed by atoms with Crippen LogP contribution in [0.4, 0.5) is 0 Å². The molecule has 1 aromatic rings. The molecule has 2 aliphatic heterocycles. The Morgan fingerprint density at radius 3 is 2.57 bits per heavy atom. The summed E-state index contributed by atoms with van der Waals surface area (Å²) < 4.78 is 5.81. The van der Waals surface area contributed by atoms with Crippen molar-refractivity contribution in [1.82, 2.24) is 10.2 Å². The lowest BCUT2D eigenvalue weighted by molar-refractivity contribution is -0.152. The van der Waals surface area contributed by atoms with E-state index >= 15 is 0 Å². The van der Waals surface area contributed by atoms with Crippen molar-refractivity contribution < 1.29 is 24.2 Å². The summed E-state index contributed by atoms with van der Waals surface area (Å²) in [4.78, 5) is 41.5. The number of allylic oxidation sites excluding steroid dienone is 2. The highest BCUT2D eigenvalue weighted by Gasteiger charge is 2.38. The molecule has 1 aromatic carbocycles. The van der Waals surface area contributed by atoms with Crippen molar-refractivity contribution in [2.45, 2.75) is 88.6 Å². The van der Waals surface area contributed by atoms with Gasteiger partial charge < -0.3 is 20.1 Å². The number of carbonyl (C=O) groups is 3. The van der Waals surface area contributed by atoms with Gasteiger partial charge in [0, 0.05) is 13.0 Å². The quantitative estimate of drug-likeness (QED) is 0.447. The molecule has 202 valence electrons. The third-order valence-electron chi connectivity index (χ3n) is 8.30. The number of aliphatic hydroxyl groups is 1. The SMILES string of the molecule is O=C(CC1CC=CCCCC(Cc2ccccc2)C(=O)OCC2CCCN2C1=O)NC1(CO)CCCC1. The van der Waals surface area contributed by atoms with Gasteiger partial charge in [0.2, 0.25) is 11.8 Å². The molecule has 1 saturated carbocycles. The molecule has 0 radical (unpaired) electrons. The number of benzene rings is 1. The van der Waals surface area contributed by atoms with Gasteiger partial charge in [0.05, 0.1) is 30.0 Å². The van der Waals surface area contributed by atoms with E-state index in [0.717, 1.165) is 63.4 Å². The van der Waals surface area contributed by atoms with Crippen molar-refractivity contribution in [3.8, 4) is 0 Å². The number of rotatable bonds is 6. The number of fused-ring (bicyclic) bond motifs is 1. The van der Waals surface area contributed by atoms with Gasteiger partial charge >= 0.3 is 5.97 Å². The zero-order valence-corrected chi connectivity index (χ0v) is 21.9. The summed E-state index contributed by atoms with van der Waals surface area (Å²) in [6.07, 6.45) is 13.0. The van der Waals surface area contributed by atoms with Crippen LogP contribution < -0.4 is 5.32 Å². The minimum Gasteiger partial charge on any atom is -0.463 e. The second kappa shape index (κ2) is 13.2. The zero-order valence-electron chi connectivity index (χ0n) is 21.9. The van der Waals surface area contributed by atoms with E-state index in [1.165, 1.54) is 0 Å². The van der Waals surface area contributed by atoms with Crippen LogP contribution in [-0.4, -0.2) is 59.1 Å². The first kappa shape index (κ1) is 27.4. The first-order valence-electron chi connectivity index (χ1n) is 14.1. The molecule has 0 spiro atoms. The molecular formula is C30H42N2O5. The van der Waals surface area contributed by atoms with Crippen molar-refractivity contribution >= 4 is 17.8 Å². The third kappa shape index (κ3) is 7.44. The summed E-state index contributed by atoms with van der Waals surface area (Å²) >= 11 is 0. The molecule has 3 unspecified atom stereocenters. The number of nitrogens with zero attached hydrogens (tertiary/aromatic N) is 1. The average molecular weight is 511 g/mol. The molecule has 2 heterocycles. The Bertz CT molecular complexity index is 941. The number of cyclic esters (lactones) is 1. The van der Waals surface area contributed by atoms with Crippen molar-refractivity contribution in [3.63, 3.8) is 0 Å². The molecular weight excluding hydrogens is 468 g/mol. The van der Waals surface area contributed by atoms with Crippen LogP contribution in [0.15, 0.2) is 42.5 Å². The second-order valence-electron chi connectivity index (χ2n) is 11.1. The molecule has 4 rings (SSSR count). The molecule has 7 nitrogen and oxygen atoms in total. The summed E-state index contributed by atoms with van der Waals surface area (Å²) in [6.45, 7) is 0.761. The molecule has 2 amide bonds. The summed E-state index contributed by atoms with van der Waals surface area (Å²) in [5, 5.41) is 12.9. The Labute approximate surface area is 220 Å². The fourth-order valence-electron chi connectivity index (χ4n) is 6.11. The molecule has 3 atom stereocenters. The highest BCUT2D eigenvalue weighted by atomic mass is 16.5. The van der Waals surface area contributed by atoms with E-state index in [0.29, 0.717) is 19.4 Å². The van der Waals surface area contributed by atoms with Gasteiger partial charge in [-0.15, -0.1) is 0 Å². The van der Waals surface area contributed by atoms with E-state index in [1.54, 1.807) is 0 Å². The smallest absolute Gasteiger partial charge is 0.309 e. The third-order valence-corrected chi connectivity index (χ3v) is 8.30. The van der Waals surface area contributed by atoms with Gasteiger partial charge in [-0.3, -0.25) is 14.4 Å². The van der Waals surface area contributed by atoms with Gasteiger partial charge in [0.25, 0.3) is 0 Å². The molecule has 3 aliphatic rings. The number of hydrogen-bond acceptors (Lipinski definition) is 5. The Morgan fingerprint density at radius 1 is 1.03 bits per heavy atom. The van der Waals surface area contributed by atoms with Gasteiger partial charge in [0.15, 0.2) is 0 Å². The standard InChI is InChI=1S/C30H42N2O5/c33-22-30(16-8-9-17-30)31-27(34)20-24-13-6-1-2-7-14-25(19-23-11-4-3-5-12-23)29(36)37-21-26-15-10-18-32(26)28(24)35/h1,3-6,11-12,24-26,33H,2,7-10,13-22H2,(H,31,34). The van der Waals surface area contributed by atoms with Crippen molar-refractivity contribution in [2.75, 3.05) is 19.8 Å². The Balaban J connectivity index is 1.44. The van der Waals surface area contributed by atoms with Gasteiger partial charge in [-0.2, -0.15) is 0 Å². The lowest BCUT2D eigenvalue weighted by atomic mass is 9.93. The fourth-order valence-corrected chi connectivity index (χ4v) is 6.11. The minimum absolute atomic E-state index is 0.0410. The van der Waals surface area contributed by atoms with Gasteiger partial charge in [-0.1, -0.05) is 55.3 Å². The number of aliphatic hydroxyl groups excluding tert-OH is 1. The predicted molar refractivity (Wildman–Crippen MR) is 141 cm³/mol. The fraction of sp³-hybridized carbons (Fsp3) is 0.633. The maximum Gasteiger partial charge on any atom is 0.309 e. The molecule has 1 aliphatic carbocycles. The summed E-state index contributed by atoms with van der Waals surface area (Å²) in [5.74, 6) is -1.06. The van der Waals surface area contributed by atoms with Crippen LogP contribution in [0.25, 0.3) is 0 Å². The van der Waals surface area contributed by atoms with Gasteiger partial charge in [-0.25, -0.2) is 0 Å². The number of ether oxygens (including phenoxy) is 1. The number of carbonyl (C=O) groups excluding carboxylic acids is 3. The van der Waals surface area contributed by atoms with Crippen LogP contribution in [-0.2, 0) is 25.5 Å². The van der Waals surface area contributed by atoms with E-state index in [-0.39, 0.29) is 49.4 Å². The maximum absolute atomic E-state index is 13.6. The second-order valence-corrected chi connectivity index (χ2v) is 11.1. The highest BCUT2D eigenvalue weighted by Crippen LogP contribution is 2.30. The van der Waals surface area contributed by atoms with Crippen LogP contribution in [0.1, 0.15) is 76.2 Å². The Hall–Kier alpha value is -2.67. The average Bonchev–Trinajstić information content (AvgIpc) is 3.57. The number of nitrogens with one attached hydrogen (secondary N) is 1. The van der Waals surface area contributed by atoms with Crippen LogP contribution in [0.5, 0.6) is 0 Å². The first-order chi connectivity index (χ1) is 18.0. The Kier molecular flexibility index (Phi) is 9.78. The normalized spacial score (nSPS) is 26.8. The molecule has 7 heteroatoms. The van der Waals surface area contributed by atoms with E-state index in [4.69, 9.17) is 4.74 Å². The van der Waals surface area contributed by atoms with Gasteiger partial charge in [-0.05, 0) is 63.4 Å². The van der Waals surface area contributed by atoms with E-state index in [1.807, 2.05) is 41.3 Å². The monoisotopic (exact) mass is 510 g/mol. The maximum atomic E-state index is 13.6. The molecule has 0 bridgehead atoms. The van der Waals surface area contributed by atoms with E-state index in [9.17, 15) is 19.5 Å². The predicted octanol–water partition coefficient (Wildman–Crippen LogP) is 3.94. The summed E-state index contributed by atoms with van der Waals surface area (Å²) in [7, 11) is 0. The number of amides is 2. The molecule has 1 saturated heterocycles. The molecule has 2 fully saturated rings. The highest BCUT2D eigenvalue weighted by molar-refractivity contribution is 5.86. The summed E-state index contributed by atoms with van der Waals surface area (Å²) in [5.41, 5.74) is 0.582. The van der Waals surface area contributed by atoms with Crippen LogP contribution in [0.3, 0.4) is 0 Å².